The average molecular weight is 305 g/mol. The van der Waals surface area contributed by atoms with Crippen molar-refractivity contribution in [3.63, 3.8) is 0 Å². The van der Waals surface area contributed by atoms with Crippen molar-refractivity contribution in [2.45, 2.75) is 33.1 Å². The monoisotopic (exact) mass is 305 g/mol. The minimum absolute atomic E-state index is 0.130. The topological polar surface area (TPSA) is 66.8 Å². The lowest BCUT2D eigenvalue weighted by Crippen LogP contribution is -2.48. The number of likely N-dealkylation sites (tertiary alicyclic amines) is 1. The summed E-state index contributed by atoms with van der Waals surface area (Å²) in [5, 5.41) is 9.35. The van der Waals surface area contributed by atoms with Gasteiger partial charge in [-0.1, -0.05) is 13.0 Å². The van der Waals surface area contributed by atoms with Gasteiger partial charge < -0.3 is 14.7 Å². The number of benzene rings is 1. The second-order valence-electron chi connectivity index (χ2n) is 6.07. The summed E-state index contributed by atoms with van der Waals surface area (Å²) in [6, 6.07) is 7.08. The molecule has 0 aromatic heterocycles. The van der Waals surface area contributed by atoms with Crippen LogP contribution in [0.25, 0.3) is 0 Å². The fraction of sp³-hybridized carbons (Fsp3) is 0.529. The van der Waals surface area contributed by atoms with E-state index in [4.69, 9.17) is 4.74 Å². The quantitative estimate of drug-likeness (QED) is 0.908. The van der Waals surface area contributed by atoms with Gasteiger partial charge in [0.25, 0.3) is 5.91 Å². The number of piperidine rings is 1. The first-order chi connectivity index (χ1) is 10.5. The summed E-state index contributed by atoms with van der Waals surface area (Å²) in [4.78, 5) is 25.6. The van der Waals surface area contributed by atoms with Crippen LogP contribution in [0, 0.1) is 5.41 Å². The van der Waals surface area contributed by atoms with E-state index in [9.17, 15) is 14.7 Å². The highest BCUT2D eigenvalue weighted by atomic mass is 16.5. The van der Waals surface area contributed by atoms with E-state index in [2.05, 4.69) is 0 Å². The summed E-state index contributed by atoms with van der Waals surface area (Å²) >= 11 is 0. The van der Waals surface area contributed by atoms with Crippen molar-refractivity contribution in [1.82, 2.24) is 4.90 Å². The number of carboxylic acid groups (broad SMARTS) is 1. The van der Waals surface area contributed by atoms with Gasteiger partial charge in [0.2, 0.25) is 0 Å². The molecule has 5 heteroatoms. The Morgan fingerprint density at radius 2 is 2.18 bits per heavy atom. The van der Waals surface area contributed by atoms with Crippen LogP contribution in [0.2, 0.25) is 0 Å². The number of carbonyl (C=O) groups is 2. The van der Waals surface area contributed by atoms with Crippen LogP contribution in [0.1, 0.15) is 43.5 Å². The molecule has 1 aromatic carbocycles. The normalized spacial score (nSPS) is 21.5. The first-order valence-electron chi connectivity index (χ1n) is 7.72. The Morgan fingerprint density at radius 3 is 2.86 bits per heavy atom. The molecular formula is C17H23NO4. The minimum atomic E-state index is -0.857. The largest absolute Gasteiger partial charge is 0.494 e. The van der Waals surface area contributed by atoms with Gasteiger partial charge in [-0.3, -0.25) is 9.59 Å². The van der Waals surface area contributed by atoms with Gasteiger partial charge >= 0.3 is 5.97 Å². The fourth-order valence-electron chi connectivity index (χ4n) is 2.71. The summed E-state index contributed by atoms with van der Waals surface area (Å²) in [5.74, 6) is -0.301. The van der Waals surface area contributed by atoms with Gasteiger partial charge in [0, 0.05) is 18.7 Å². The molecule has 0 saturated carbocycles. The first kappa shape index (κ1) is 16.3. The van der Waals surface area contributed by atoms with Gasteiger partial charge in [0.05, 0.1) is 12.0 Å². The molecule has 0 aliphatic carbocycles. The van der Waals surface area contributed by atoms with Crippen molar-refractivity contribution < 1.29 is 19.4 Å². The van der Waals surface area contributed by atoms with Gasteiger partial charge in [0.15, 0.2) is 0 Å². The molecule has 1 heterocycles. The van der Waals surface area contributed by atoms with E-state index in [0.29, 0.717) is 37.3 Å². The Bertz CT molecular complexity index is 557. The Labute approximate surface area is 130 Å². The average Bonchev–Trinajstić information content (AvgIpc) is 2.52. The number of aliphatic carboxylic acids is 1. The Balaban J connectivity index is 2.12. The smallest absolute Gasteiger partial charge is 0.311 e. The summed E-state index contributed by atoms with van der Waals surface area (Å²) in [6.45, 7) is 5.19. The SMILES string of the molecule is CCCOc1cccc(C(=O)N2CCCC(C)(C(=O)O)C2)c1. The van der Waals surface area contributed by atoms with Crippen LogP contribution in [0.3, 0.4) is 0 Å². The number of hydrogen-bond acceptors (Lipinski definition) is 3. The number of ether oxygens (including phenoxy) is 1. The number of carboxylic acids is 1. The molecule has 1 N–H and O–H groups in total. The van der Waals surface area contributed by atoms with Crippen molar-refractivity contribution in [1.29, 1.82) is 0 Å². The Hall–Kier alpha value is -2.04. The molecule has 1 unspecified atom stereocenters. The molecule has 1 aliphatic rings. The van der Waals surface area contributed by atoms with Crippen LogP contribution < -0.4 is 4.74 Å². The molecular weight excluding hydrogens is 282 g/mol. The van der Waals surface area contributed by atoms with E-state index < -0.39 is 11.4 Å². The van der Waals surface area contributed by atoms with Crippen molar-refractivity contribution >= 4 is 11.9 Å². The van der Waals surface area contributed by atoms with Gasteiger partial charge in [-0.25, -0.2) is 0 Å². The molecule has 120 valence electrons. The van der Waals surface area contributed by atoms with E-state index in [1.165, 1.54) is 0 Å². The zero-order valence-electron chi connectivity index (χ0n) is 13.2. The molecule has 1 saturated heterocycles. The predicted molar refractivity (Wildman–Crippen MR) is 83.1 cm³/mol. The molecule has 0 bridgehead atoms. The maximum Gasteiger partial charge on any atom is 0.311 e. The van der Waals surface area contributed by atoms with Gasteiger partial charge in [0.1, 0.15) is 5.75 Å². The zero-order chi connectivity index (χ0) is 16.2. The second-order valence-corrected chi connectivity index (χ2v) is 6.07. The number of carbonyl (C=O) groups excluding carboxylic acids is 1. The highest BCUT2D eigenvalue weighted by Crippen LogP contribution is 2.30. The molecule has 22 heavy (non-hydrogen) atoms. The Kier molecular flexibility index (Phi) is 5.06. The van der Waals surface area contributed by atoms with Crippen LogP contribution in [-0.2, 0) is 4.79 Å². The van der Waals surface area contributed by atoms with E-state index in [1.54, 1.807) is 30.0 Å². The lowest BCUT2D eigenvalue weighted by Gasteiger charge is -2.37. The van der Waals surface area contributed by atoms with E-state index in [0.717, 1.165) is 6.42 Å². The molecule has 1 atom stereocenters. The lowest BCUT2D eigenvalue weighted by molar-refractivity contribution is -0.150. The van der Waals surface area contributed by atoms with Crippen molar-refractivity contribution in [3.05, 3.63) is 29.8 Å². The summed E-state index contributed by atoms with van der Waals surface area (Å²) < 4.78 is 5.55. The Morgan fingerprint density at radius 1 is 1.41 bits per heavy atom. The van der Waals surface area contributed by atoms with Gasteiger partial charge in [-0.15, -0.1) is 0 Å². The van der Waals surface area contributed by atoms with Crippen LogP contribution in [0.15, 0.2) is 24.3 Å². The molecule has 0 radical (unpaired) electrons. The fourth-order valence-corrected chi connectivity index (χ4v) is 2.71. The standard InChI is InChI=1S/C17H23NO4/c1-3-10-22-14-7-4-6-13(11-14)15(19)18-9-5-8-17(2,12-18)16(20)21/h4,6-7,11H,3,5,8-10,12H2,1-2H3,(H,20,21). The maximum atomic E-state index is 12.6. The molecule has 1 aliphatic heterocycles. The van der Waals surface area contributed by atoms with Crippen molar-refractivity contribution in [3.8, 4) is 5.75 Å². The van der Waals surface area contributed by atoms with Crippen LogP contribution in [-0.4, -0.2) is 41.6 Å². The molecule has 0 spiro atoms. The minimum Gasteiger partial charge on any atom is -0.494 e. The van der Waals surface area contributed by atoms with Crippen LogP contribution in [0.4, 0.5) is 0 Å². The first-order valence-corrected chi connectivity index (χ1v) is 7.72. The number of hydrogen-bond donors (Lipinski definition) is 1. The summed E-state index contributed by atoms with van der Waals surface area (Å²) in [6.07, 6.45) is 2.22. The zero-order valence-corrected chi connectivity index (χ0v) is 13.2. The summed E-state index contributed by atoms with van der Waals surface area (Å²) in [7, 11) is 0. The molecule has 2 rings (SSSR count). The van der Waals surface area contributed by atoms with E-state index in [-0.39, 0.29) is 12.5 Å². The summed E-state index contributed by atoms with van der Waals surface area (Å²) in [5.41, 5.74) is -0.312. The van der Waals surface area contributed by atoms with Crippen molar-refractivity contribution in [2.75, 3.05) is 19.7 Å². The molecule has 5 nitrogen and oxygen atoms in total. The lowest BCUT2D eigenvalue weighted by atomic mass is 9.82. The van der Waals surface area contributed by atoms with Crippen molar-refractivity contribution in [2.24, 2.45) is 5.41 Å². The third-order valence-corrected chi connectivity index (χ3v) is 4.05. The van der Waals surface area contributed by atoms with Crippen LogP contribution >= 0.6 is 0 Å². The highest BCUT2D eigenvalue weighted by Gasteiger charge is 2.39. The second kappa shape index (κ2) is 6.81. The van der Waals surface area contributed by atoms with E-state index in [1.807, 2.05) is 13.0 Å². The molecule has 1 aromatic rings. The third kappa shape index (κ3) is 3.59. The predicted octanol–water partition coefficient (Wildman–Crippen LogP) is 2.80. The molecule has 1 amide bonds. The maximum absolute atomic E-state index is 12.6. The van der Waals surface area contributed by atoms with Gasteiger partial charge in [-0.05, 0) is 44.4 Å². The van der Waals surface area contributed by atoms with Crippen LogP contribution in [0.5, 0.6) is 5.75 Å². The van der Waals surface area contributed by atoms with E-state index >= 15 is 0 Å². The highest BCUT2D eigenvalue weighted by molar-refractivity contribution is 5.95. The number of amides is 1. The van der Waals surface area contributed by atoms with Gasteiger partial charge in [-0.2, -0.15) is 0 Å². The number of nitrogens with zero attached hydrogens (tertiary/aromatic N) is 1. The number of rotatable bonds is 5. The third-order valence-electron chi connectivity index (χ3n) is 4.05. The molecule has 1 fully saturated rings.